The summed E-state index contributed by atoms with van der Waals surface area (Å²) in [7, 11) is 1.60. The molecule has 26 heavy (non-hydrogen) atoms. The van der Waals surface area contributed by atoms with E-state index >= 15 is 0 Å². The van der Waals surface area contributed by atoms with Gasteiger partial charge in [0, 0.05) is 4.90 Å². The number of aromatic nitrogens is 1. The number of carboxylic acid groups (broad SMARTS) is 1. The maximum absolute atomic E-state index is 14.1. The summed E-state index contributed by atoms with van der Waals surface area (Å²) in [6, 6.07) is 5.55. The first kappa shape index (κ1) is 20.6. The van der Waals surface area contributed by atoms with Crippen molar-refractivity contribution in [2.24, 2.45) is 0 Å². The van der Waals surface area contributed by atoms with E-state index in [1.54, 1.807) is 7.11 Å². The van der Waals surface area contributed by atoms with Gasteiger partial charge in [-0.2, -0.15) is 9.37 Å². The van der Waals surface area contributed by atoms with Gasteiger partial charge >= 0.3 is 5.97 Å². The zero-order valence-corrected chi connectivity index (χ0v) is 16.6. The van der Waals surface area contributed by atoms with E-state index in [0.29, 0.717) is 0 Å². The number of carbonyl (C=O) groups is 1. The maximum atomic E-state index is 14.1. The second kappa shape index (κ2) is 8.79. The van der Waals surface area contributed by atoms with Crippen molar-refractivity contribution in [1.82, 2.24) is 4.98 Å². The monoisotopic (exact) mass is 418 g/mol. The van der Waals surface area contributed by atoms with Crippen LogP contribution >= 0.6 is 35.0 Å². The Hall–Kier alpha value is -1.70. The zero-order valence-electron chi connectivity index (χ0n) is 14.3. The van der Waals surface area contributed by atoms with Gasteiger partial charge in [0.1, 0.15) is 23.1 Å². The Morgan fingerprint density at radius 2 is 2.08 bits per heavy atom. The average Bonchev–Trinajstić information content (AvgIpc) is 2.60. The predicted octanol–water partition coefficient (Wildman–Crippen LogP) is 5.31. The first-order valence-electron chi connectivity index (χ1n) is 7.60. The third-order valence-electron chi connectivity index (χ3n) is 3.45. The molecule has 0 aliphatic rings. The third kappa shape index (κ3) is 4.72. The molecule has 1 heterocycles. The number of nitrogens with one attached hydrogen (secondary N) is 1. The molecule has 140 valence electrons. The number of carboxylic acids is 1. The van der Waals surface area contributed by atoms with Crippen molar-refractivity contribution >= 4 is 46.8 Å². The van der Waals surface area contributed by atoms with Gasteiger partial charge in [0.2, 0.25) is 5.95 Å². The number of methoxy groups -OCH3 is 1. The zero-order chi connectivity index (χ0) is 19.4. The fourth-order valence-corrected chi connectivity index (χ4v) is 3.74. The Morgan fingerprint density at radius 3 is 2.65 bits per heavy atom. The van der Waals surface area contributed by atoms with Crippen molar-refractivity contribution < 1.29 is 19.0 Å². The molecule has 0 radical (unpaired) electrons. The number of pyridine rings is 1. The summed E-state index contributed by atoms with van der Waals surface area (Å²) in [6.45, 7) is 3.62. The van der Waals surface area contributed by atoms with Crippen LogP contribution in [0.5, 0.6) is 5.75 Å². The fourth-order valence-electron chi connectivity index (χ4n) is 2.20. The molecule has 0 aliphatic carbocycles. The molecule has 5 nitrogen and oxygen atoms in total. The molecule has 0 saturated heterocycles. The van der Waals surface area contributed by atoms with Crippen LogP contribution in [0.4, 0.5) is 10.2 Å². The minimum absolute atomic E-state index is 0.0598. The first-order valence-corrected chi connectivity index (χ1v) is 9.17. The quantitative estimate of drug-likeness (QED) is 0.593. The summed E-state index contributed by atoms with van der Waals surface area (Å²) in [6.07, 6.45) is 0. The lowest BCUT2D eigenvalue weighted by Gasteiger charge is -2.15. The summed E-state index contributed by atoms with van der Waals surface area (Å²) in [4.78, 5) is 15.3. The molecule has 0 spiro atoms. The van der Waals surface area contributed by atoms with Crippen LogP contribution in [0, 0.1) is 5.95 Å². The highest BCUT2D eigenvalue weighted by molar-refractivity contribution is 7.99. The normalized spacial score (nSPS) is 10.9. The second-order valence-corrected chi connectivity index (χ2v) is 7.46. The Kier molecular flexibility index (Phi) is 6.97. The molecule has 2 rings (SSSR count). The number of rotatable bonds is 7. The van der Waals surface area contributed by atoms with Crippen molar-refractivity contribution in [3.05, 3.63) is 39.8 Å². The summed E-state index contributed by atoms with van der Waals surface area (Å²) < 4.78 is 19.4. The Labute approximate surface area is 164 Å². The summed E-state index contributed by atoms with van der Waals surface area (Å²) in [5.74, 6) is -1.14. The Bertz CT molecular complexity index is 834. The van der Waals surface area contributed by atoms with Gasteiger partial charge in [-0.3, -0.25) is 4.79 Å². The van der Waals surface area contributed by atoms with Crippen molar-refractivity contribution in [3.8, 4) is 5.75 Å². The lowest BCUT2D eigenvalue weighted by Crippen LogP contribution is -2.14. The SMILES string of the molecule is COc1ccc(Sc2c(Cl)c(F)nc(NCC(=O)O)c2Cl)cc1C(C)C. The molecule has 0 aliphatic heterocycles. The van der Waals surface area contributed by atoms with Gasteiger partial charge in [-0.25, -0.2) is 0 Å². The van der Waals surface area contributed by atoms with E-state index in [1.165, 1.54) is 11.8 Å². The van der Waals surface area contributed by atoms with Crippen LogP contribution in [-0.2, 0) is 4.79 Å². The van der Waals surface area contributed by atoms with E-state index in [-0.39, 0.29) is 26.7 Å². The van der Waals surface area contributed by atoms with E-state index in [1.807, 2.05) is 32.0 Å². The number of hydrogen-bond donors (Lipinski definition) is 2. The summed E-state index contributed by atoms with van der Waals surface area (Å²) in [5.41, 5.74) is 0.989. The molecule has 2 aromatic rings. The molecule has 0 saturated carbocycles. The van der Waals surface area contributed by atoms with E-state index in [0.717, 1.165) is 16.2 Å². The molecule has 0 unspecified atom stereocenters. The highest BCUT2D eigenvalue weighted by Gasteiger charge is 2.20. The van der Waals surface area contributed by atoms with E-state index in [9.17, 15) is 9.18 Å². The van der Waals surface area contributed by atoms with E-state index in [2.05, 4.69) is 10.3 Å². The summed E-state index contributed by atoms with van der Waals surface area (Å²) >= 11 is 13.5. The van der Waals surface area contributed by atoms with Crippen LogP contribution in [0.1, 0.15) is 25.3 Å². The predicted molar refractivity (Wildman–Crippen MR) is 102 cm³/mol. The van der Waals surface area contributed by atoms with Crippen molar-refractivity contribution in [3.63, 3.8) is 0 Å². The number of aliphatic carboxylic acids is 1. The van der Waals surface area contributed by atoms with Gasteiger partial charge in [-0.15, -0.1) is 0 Å². The molecule has 2 N–H and O–H groups in total. The molecule has 0 fully saturated rings. The van der Waals surface area contributed by atoms with Crippen LogP contribution in [0.3, 0.4) is 0 Å². The van der Waals surface area contributed by atoms with Gasteiger partial charge in [-0.05, 0) is 29.7 Å². The van der Waals surface area contributed by atoms with Crippen molar-refractivity contribution in [1.29, 1.82) is 0 Å². The van der Waals surface area contributed by atoms with Gasteiger partial charge in [0.15, 0.2) is 0 Å². The van der Waals surface area contributed by atoms with Crippen LogP contribution in [0.2, 0.25) is 10.0 Å². The largest absolute Gasteiger partial charge is 0.496 e. The molecule has 1 aromatic carbocycles. The molecule has 0 atom stereocenters. The smallest absolute Gasteiger partial charge is 0.322 e. The third-order valence-corrected chi connectivity index (χ3v) is 5.49. The lowest BCUT2D eigenvalue weighted by atomic mass is 10.0. The topological polar surface area (TPSA) is 71.5 Å². The maximum Gasteiger partial charge on any atom is 0.322 e. The van der Waals surface area contributed by atoms with Crippen LogP contribution < -0.4 is 10.1 Å². The Balaban J connectivity index is 2.42. The Morgan fingerprint density at radius 1 is 1.38 bits per heavy atom. The lowest BCUT2D eigenvalue weighted by molar-refractivity contribution is -0.134. The first-order chi connectivity index (χ1) is 12.2. The van der Waals surface area contributed by atoms with Gasteiger partial charge in [0.05, 0.1) is 17.0 Å². The standard InChI is InChI=1S/C17H17Cl2FN2O3S/c1-8(2)10-6-9(4-5-11(10)25-3)26-15-13(18)16(20)22-17(14(15)19)21-7-12(23)24/h4-6,8H,7H2,1-3H3,(H,21,22)(H,23,24). The number of nitrogens with zero attached hydrogens (tertiary/aromatic N) is 1. The molecule has 1 aromatic heterocycles. The minimum atomic E-state index is -1.12. The van der Waals surface area contributed by atoms with Crippen molar-refractivity contribution in [2.75, 3.05) is 19.0 Å². The highest BCUT2D eigenvalue weighted by atomic mass is 35.5. The highest BCUT2D eigenvalue weighted by Crippen LogP contribution is 2.43. The fraction of sp³-hybridized carbons (Fsp3) is 0.294. The van der Waals surface area contributed by atoms with E-state index < -0.39 is 18.5 Å². The number of benzene rings is 1. The second-order valence-electron chi connectivity index (χ2n) is 5.62. The number of anilines is 1. The molecular formula is C17H17Cl2FN2O3S. The van der Waals surface area contributed by atoms with Crippen LogP contribution in [0.15, 0.2) is 28.0 Å². The number of hydrogen-bond acceptors (Lipinski definition) is 5. The summed E-state index contributed by atoms with van der Waals surface area (Å²) in [5, 5.41) is 11.1. The van der Waals surface area contributed by atoms with Crippen LogP contribution in [-0.4, -0.2) is 29.7 Å². The molecule has 9 heteroatoms. The van der Waals surface area contributed by atoms with Crippen LogP contribution in [0.25, 0.3) is 0 Å². The average molecular weight is 419 g/mol. The minimum Gasteiger partial charge on any atom is -0.496 e. The number of ether oxygens (including phenoxy) is 1. The van der Waals surface area contributed by atoms with Crippen molar-refractivity contribution in [2.45, 2.75) is 29.6 Å². The van der Waals surface area contributed by atoms with Gasteiger partial charge in [-0.1, -0.05) is 48.8 Å². The molecule has 0 amide bonds. The number of halogens is 3. The molecular weight excluding hydrogens is 402 g/mol. The molecule has 0 bridgehead atoms. The van der Waals surface area contributed by atoms with Gasteiger partial charge in [0.25, 0.3) is 0 Å². The van der Waals surface area contributed by atoms with Gasteiger partial charge < -0.3 is 15.2 Å². The van der Waals surface area contributed by atoms with E-state index in [4.69, 9.17) is 33.0 Å².